The average Bonchev–Trinajstić information content (AvgIpc) is 3.32. The molecule has 4 aromatic rings. The molecule has 0 amide bonds. The zero-order chi connectivity index (χ0) is 18.8. The lowest BCUT2D eigenvalue weighted by molar-refractivity contribution is 0.315. The number of aromatic nitrogens is 6. The van der Waals surface area contributed by atoms with Gasteiger partial charge in [0.05, 0.1) is 18.6 Å². The standard InChI is InChI=1S/C17H14FN7O2/c18-7-11(8-19)9-25-17(26)24(10-20-25)16-3-1-2-13(21-16)12-4-5-14-15(6-12)23-27-22-14/h1-7,10H,8-9,19H2/b11-7+. The molecule has 9 nitrogen and oxygen atoms in total. The molecule has 0 aliphatic heterocycles. The Hall–Kier alpha value is -3.66. The lowest BCUT2D eigenvalue weighted by atomic mass is 10.1. The van der Waals surface area contributed by atoms with Crippen molar-refractivity contribution in [2.75, 3.05) is 6.54 Å². The summed E-state index contributed by atoms with van der Waals surface area (Å²) in [6.45, 7) is -0.0166. The van der Waals surface area contributed by atoms with Gasteiger partial charge in [0.25, 0.3) is 0 Å². The predicted octanol–water partition coefficient (Wildman–Crippen LogP) is 1.44. The van der Waals surface area contributed by atoms with Crippen molar-refractivity contribution >= 4 is 11.0 Å². The first-order valence-electron chi connectivity index (χ1n) is 8.02. The molecule has 4 rings (SSSR count). The average molecular weight is 367 g/mol. The molecule has 0 aliphatic rings. The lowest BCUT2D eigenvalue weighted by Gasteiger charge is -2.04. The number of rotatable bonds is 5. The fourth-order valence-corrected chi connectivity index (χ4v) is 2.60. The highest BCUT2D eigenvalue weighted by molar-refractivity contribution is 5.79. The van der Waals surface area contributed by atoms with Gasteiger partial charge in [0.1, 0.15) is 23.2 Å². The fraction of sp³-hybridized carbons (Fsp3) is 0.118. The van der Waals surface area contributed by atoms with E-state index in [2.05, 4.69) is 20.4 Å². The summed E-state index contributed by atoms with van der Waals surface area (Å²) in [6, 6.07) is 10.7. The van der Waals surface area contributed by atoms with Crippen molar-refractivity contribution in [3.8, 4) is 17.1 Å². The highest BCUT2D eigenvalue weighted by Crippen LogP contribution is 2.21. The van der Waals surface area contributed by atoms with Crippen LogP contribution in [0.1, 0.15) is 0 Å². The fourth-order valence-electron chi connectivity index (χ4n) is 2.60. The third-order valence-corrected chi connectivity index (χ3v) is 4.03. The Bertz CT molecular complexity index is 1190. The molecular formula is C17H14FN7O2. The van der Waals surface area contributed by atoms with E-state index in [-0.39, 0.29) is 18.7 Å². The highest BCUT2D eigenvalue weighted by Gasteiger charge is 2.11. The Morgan fingerprint density at radius 3 is 2.89 bits per heavy atom. The summed E-state index contributed by atoms with van der Waals surface area (Å²) in [5.74, 6) is 0.389. The second-order valence-electron chi connectivity index (χ2n) is 5.76. The second kappa shape index (κ2) is 6.92. The number of nitrogens with two attached hydrogens (primary N) is 1. The molecule has 0 radical (unpaired) electrons. The van der Waals surface area contributed by atoms with Crippen molar-refractivity contribution in [3.63, 3.8) is 0 Å². The van der Waals surface area contributed by atoms with Gasteiger partial charge in [-0.3, -0.25) is 0 Å². The van der Waals surface area contributed by atoms with Crippen LogP contribution < -0.4 is 11.4 Å². The summed E-state index contributed by atoms with van der Waals surface area (Å²) in [7, 11) is 0. The van der Waals surface area contributed by atoms with E-state index < -0.39 is 5.69 Å². The quantitative estimate of drug-likeness (QED) is 0.567. The summed E-state index contributed by atoms with van der Waals surface area (Å²) in [4.78, 5) is 17.0. The molecule has 0 atom stereocenters. The largest absolute Gasteiger partial charge is 0.351 e. The number of hydrogen-bond acceptors (Lipinski definition) is 7. The molecule has 27 heavy (non-hydrogen) atoms. The van der Waals surface area contributed by atoms with Crippen molar-refractivity contribution in [3.05, 3.63) is 65.1 Å². The lowest BCUT2D eigenvalue weighted by Crippen LogP contribution is -2.26. The molecule has 0 unspecified atom stereocenters. The molecular weight excluding hydrogens is 353 g/mol. The SMILES string of the molecule is NC/C(=C\F)Cn1ncn(-c2cccc(-c3ccc4nonc4c3)n2)c1=O. The Morgan fingerprint density at radius 2 is 2.07 bits per heavy atom. The summed E-state index contributed by atoms with van der Waals surface area (Å²) < 4.78 is 19.8. The van der Waals surface area contributed by atoms with Crippen LogP contribution in [0.4, 0.5) is 4.39 Å². The maximum Gasteiger partial charge on any atom is 0.351 e. The van der Waals surface area contributed by atoms with E-state index >= 15 is 0 Å². The van der Waals surface area contributed by atoms with Gasteiger partial charge in [-0.25, -0.2) is 28.0 Å². The number of halogens is 1. The first kappa shape index (κ1) is 16.8. The molecule has 0 bridgehead atoms. The monoisotopic (exact) mass is 367 g/mol. The summed E-state index contributed by atoms with van der Waals surface area (Å²) in [6.07, 6.45) is 1.73. The Morgan fingerprint density at radius 1 is 1.22 bits per heavy atom. The molecule has 0 saturated carbocycles. The normalized spacial score (nSPS) is 12.0. The van der Waals surface area contributed by atoms with Gasteiger partial charge in [-0.05, 0) is 40.2 Å². The molecule has 10 heteroatoms. The summed E-state index contributed by atoms with van der Waals surface area (Å²) >= 11 is 0. The molecule has 0 fully saturated rings. The van der Waals surface area contributed by atoms with Crippen LogP contribution in [0.2, 0.25) is 0 Å². The Balaban J connectivity index is 1.70. The van der Waals surface area contributed by atoms with Crippen LogP contribution in [0.25, 0.3) is 28.1 Å². The zero-order valence-corrected chi connectivity index (χ0v) is 14.0. The maximum absolute atomic E-state index is 12.7. The number of hydrogen-bond donors (Lipinski definition) is 1. The van der Waals surface area contributed by atoms with E-state index in [9.17, 15) is 9.18 Å². The topological polar surface area (TPSA) is 118 Å². The van der Waals surface area contributed by atoms with Gasteiger partial charge in [0.15, 0.2) is 0 Å². The third-order valence-electron chi connectivity index (χ3n) is 4.03. The van der Waals surface area contributed by atoms with Gasteiger partial charge in [-0.1, -0.05) is 12.1 Å². The molecule has 136 valence electrons. The van der Waals surface area contributed by atoms with Crippen LogP contribution in [-0.4, -0.2) is 36.2 Å². The van der Waals surface area contributed by atoms with Crippen LogP contribution in [0.5, 0.6) is 0 Å². The third kappa shape index (κ3) is 3.13. The minimum atomic E-state index is -0.441. The van der Waals surface area contributed by atoms with E-state index in [1.807, 2.05) is 12.1 Å². The van der Waals surface area contributed by atoms with Gasteiger partial charge in [-0.2, -0.15) is 5.10 Å². The van der Waals surface area contributed by atoms with Crippen molar-refractivity contribution in [2.24, 2.45) is 5.73 Å². The van der Waals surface area contributed by atoms with Gasteiger partial charge in [0, 0.05) is 12.1 Å². The number of fused-ring (bicyclic) bond motifs is 1. The van der Waals surface area contributed by atoms with E-state index in [0.29, 0.717) is 28.9 Å². The number of benzene rings is 1. The van der Waals surface area contributed by atoms with Crippen molar-refractivity contribution in [1.29, 1.82) is 0 Å². The van der Waals surface area contributed by atoms with Crippen molar-refractivity contribution in [1.82, 2.24) is 29.6 Å². The minimum Gasteiger partial charge on any atom is -0.327 e. The van der Waals surface area contributed by atoms with E-state index in [1.54, 1.807) is 24.3 Å². The van der Waals surface area contributed by atoms with E-state index in [1.165, 1.54) is 10.9 Å². The van der Waals surface area contributed by atoms with Gasteiger partial charge in [-0.15, -0.1) is 0 Å². The Labute approximate surface area is 151 Å². The first-order valence-corrected chi connectivity index (χ1v) is 8.02. The molecule has 0 spiro atoms. The minimum absolute atomic E-state index is 0.00289. The molecule has 0 saturated heterocycles. The van der Waals surface area contributed by atoms with Crippen LogP contribution in [0.15, 0.2) is 64.1 Å². The molecule has 0 aliphatic carbocycles. The molecule has 3 heterocycles. The van der Waals surface area contributed by atoms with Crippen LogP contribution in [0, 0.1) is 0 Å². The van der Waals surface area contributed by atoms with E-state index in [4.69, 9.17) is 10.4 Å². The van der Waals surface area contributed by atoms with Gasteiger partial charge < -0.3 is 5.73 Å². The zero-order valence-electron chi connectivity index (χ0n) is 14.0. The number of pyridine rings is 1. The summed E-state index contributed by atoms with van der Waals surface area (Å²) in [5.41, 5.74) is 7.94. The molecule has 2 N–H and O–H groups in total. The number of nitrogens with zero attached hydrogens (tertiary/aromatic N) is 6. The second-order valence-corrected chi connectivity index (χ2v) is 5.76. The predicted molar refractivity (Wildman–Crippen MR) is 94.7 cm³/mol. The molecule has 3 aromatic heterocycles. The maximum atomic E-state index is 12.7. The van der Waals surface area contributed by atoms with Crippen LogP contribution >= 0.6 is 0 Å². The molecule has 1 aromatic carbocycles. The van der Waals surface area contributed by atoms with Crippen LogP contribution in [0.3, 0.4) is 0 Å². The van der Waals surface area contributed by atoms with Gasteiger partial charge in [0.2, 0.25) is 0 Å². The van der Waals surface area contributed by atoms with E-state index in [0.717, 1.165) is 10.2 Å². The van der Waals surface area contributed by atoms with Crippen molar-refractivity contribution in [2.45, 2.75) is 6.54 Å². The highest BCUT2D eigenvalue weighted by atomic mass is 19.1. The van der Waals surface area contributed by atoms with Gasteiger partial charge >= 0.3 is 5.69 Å². The van der Waals surface area contributed by atoms with Crippen LogP contribution in [-0.2, 0) is 6.54 Å². The first-order chi connectivity index (χ1) is 13.2. The Kier molecular flexibility index (Phi) is 4.30. The van der Waals surface area contributed by atoms with Crippen molar-refractivity contribution < 1.29 is 9.02 Å². The smallest absolute Gasteiger partial charge is 0.327 e. The summed E-state index contributed by atoms with van der Waals surface area (Å²) in [5, 5.41) is 11.6.